The first-order valence-corrected chi connectivity index (χ1v) is 7.32. The van der Waals surface area contributed by atoms with E-state index < -0.39 is 0 Å². The molecule has 1 aromatic carbocycles. The molecule has 0 amide bonds. The van der Waals surface area contributed by atoms with Crippen molar-refractivity contribution in [3.63, 3.8) is 0 Å². The molecule has 2 N–H and O–H groups in total. The van der Waals surface area contributed by atoms with E-state index in [1.165, 1.54) is 35.5 Å². The van der Waals surface area contributed by atoms with Gasteiger partial charge < -0.3 is 5.73 Å². The zero-order valence-electron chi connectivity index (χ0n) is 10.7. The standard InChI is InChI=1S/C15H23NS/c1-3-4-5-6-7-11-17-15-10-8-9-14(12-15)13(2)16/h3,8-10,12-13H,1,4-7,11,16H2,2H3. The van der Waals surface area contributed by atoms with Gasteiger partial charge in [-0.2, -0.15) is 0 Å². The second-order valence-electron chi connectivity index (χ2n) is 4.35. The summed E-state index contributed by atoms with van der Waals surface area (Å²) >= 11 is 1.93. The number of benzene rings is 1. The Hall–Kier alpha value is -0.730. The van der Waals surface area contributed by atoms with Crippen molar-refractivity contribution in [1.82, 2.24) is 0 Å². The zero-order chi connectivity index (χ0) is 12.5. The molecule has 0 aromatic heterocycles. The fraction of sp³-hybridized carbons (Fsp3) is 0.467. The normalized spacial score (nSPS) is 12.4. The Morgan fingerprint density at radius 3 is 2.88 bits per heavy atom. The lowest BCUT2D eigenvalue weighted by Gasteiger charge is -2.07. The van der Waals surface area contributed by atoms with Crippen LogP contribution in [0.2, 0.25) is 0 Å². The lowest BCUT2D eigenvalue weighted by atomic mass is 10.1. The zero-order valence-corrected chi connectivity index (χ0v) is 11.5. The van der Waals surface area contributed by atoms with Crippen molar-refractivity contribution in [2.45, 2.75) is 43.5 Å². The van der Waals surface area contributed by atoms with Crippen molar-refractivity contribution >= 4 is 11.8 Å². The molecule has 1 rings (SSSR count). The molecule has 17 heavy (non-hydrogen) atoms. The summed E-state index contributed by atoms with van der Waals surface area (Å²) in [6.07, 6.45) is 6.99. The van der Waals surface area contributed by atoms with Crippen molar-refractivity contribution in [3.8, 4) is 0 Å². The van der Waals surface area contributed by atoms with E-state index in [-0.39, 0.29) is 6.04 Å². The maximum atomic E-state index is 5.87. The number of rotatable bonds is 8. The Labute approximate surface area is 109 Å². The van der Waals surface area contributed by atoms with E-state index in [2.05, 4.69) is 30.8 Å². The molecule has 1 aromatic rings. The highest BCUT2D eigenvalue weighted by atomic mass is 32.2. The molecule has 0 spiro atoms. The quantitative estimate of drug-likeness (QED) is 0.416. The fourth-order valence-corrected chi connectivity index (χ4v) is 2.62. The van der Waals surface area contributed by atoms with Gasteiger partial charge in [0, 0.05) is 10.9 Å². The van der Waals surface area contributed by atoms with Crippen LogP contribution in [0.3, 0.4) is 0 Å². The first-order chi connectivity index (χ1) is 8.24. The van der Waals surface area contributed by atoms with Crippen molar-refractivity contribution in [2.75, 3.05) is 5.75 Å². The minimum atomic E-state index is 0.128. The van der Waals surface area contributed by atoms with Crippen LogP contribution in [0.15, 0.2) is 41.8 Å². The highest BCUT2D eigenvalue weighted by Crippen LogP contribution is 2.22. The third-order valence-electron chi connectivity index (χ3n) is 2.71. The van der Waals surface area contributed by atoms with E-state index in [0.29, 0.717) is 0 Å². The monoisotopic (exact) mass is 249 g/mol. The first-order valence-electron chi connectivity index (χ1n) is 6.33. The summed E-state index contributed by atoms with van der Waals surface area (Å²) in [6.45, 7) is 5.76. The van der Waals surface area contributed by atoms with Crippen LogP contribution >= 0.6 is 11.8 Å². The molecule has 0 heterocycles. The first kappa shape index (κ1) is 14.3. The van der Waals surface area contributed by atoms with Gasteiger partial charge in [0.2, 0.25) is 0 Å². The number of hydrogen-bond acceptors (Lipinski definition) is 2. The topological polar surface area (TPSA) is 26.0 Å². The molecule has 1 nitrogen and oxygen atoms in total. The molecule has 0 fully saturated rings. The van der Waals surface area contributed by atoms with Crippen LogP contribution in [0.25, 0.3) is 0 Å². The van der Waals surface area contributed by atoms with Gasteiger partial charge in [0.25, 0.3) is 0 Å². The molecular weight excluding hydrogens is 226 g/mol. The van der Waals surface area contributed by atoms with Gasteiger partial charge >= 0.3 is 0 Å². The van der Waals surface area contributed by atoms with E-state index in [9.17, 15) is 0 Å². The van der Waals surface area contributed by atoms with Gasteiger partial charge in [-0.25, -0.2) is 0 Å². The van der Waals surface area contributed by atoms with Gasteiger partial charge in [0.1, 0.15) is 0 Å². The Balaban J connectivity index is 2.26. The number of thioether (sulfide) groups is 1. The molecule has 2 heteroatoms. The predicted octanol–water partition coefficient (Wildman–Crippen LogP) is 4.54. The van der Waals surface area contributed by atoms with Gasteiger partial charge in [-0.1, -0.05) is 24.6 Å². The van der Waals surface area contributed by atoms with Crippen LogP contribution in [0.1, 0.15) is 44.2 Å². The van der Waals surface area contributed by atoms with Gasteiger partial charge in [-0.15, -0.1) is 18.3 Å². The number of unbranched alkanes of at least 4 members (excludes halogenated alkanes) is 3. The van der Waals surface area contributed by atoms with Crippen LogP contribution < -0.4 is 5.73 Å². The largest absolute Gasteiger partial charge is 0.324 e. The van der Waals surface area contributed by atoms with Gasteiger partial charge in [-0.3, -0.25) is 0 Å². The average molecular weight is 249 g/mol. The molecule has 0 aliphatic carbocycles. The van der Waals surface area contributed by atoms with E-state index in [0.717, 1.165) is 6.42 Å². The summed E-state index contributed by atoms with van der Waals surface area (Å²) in [6, 6.07) is 8.69. The van der Waals surface area contributed by atoms with Crippen LogP contribution in [0.4, 0.5) is 0 Å². The van der Waals surface area contributed by atoms with E-state index in [1.807, 2.05) is 24.8 Å². The Bertz CT molecular complexity index is 333. The number of nitrogens with two attached hydrogens (primary N) is 1. The smallest absolute Gasteiger partial charge is 0.0266 e. The Kier molecular flexibility index (Phi) is 7.06. The number of allylic oxidation sites excluding steroid dienone is 1. The fourth-order valence-electron chi connectivity index (χ4n) is 1.65. The second kappa shape index (κ2) is 8.37. The molecule has 0 radical (unpaired) electrons. The molecule has 0 saturated carbocycles. The molecule has 1 atom stereocenters. The van der Waals surface area contributed by atoms with Crippen molar-refractivity contribution < 1.29 is 0 Å². The van der Waals surface area contributed by atoms with Crippen LogP contribution in [0, 0.1) is 0 Å². The number of hydrogen-bond donors (Lipinski definition) is 1. The van der Waals surface area contributed by atoms with E-state index in [1.54, 1.807) is 0 Å². The van der Waals surface area contributed by atoms with Gasteiger partial charge in [0.15, 0.2) is 0 Å². The molecule has 0 saturated heterocycles. The predicted molar refractivity (Wildman–Crippen MR) is 78.4 cm³/mol. The highest BCUT2D eigenvalue weighted by Gasteiger charge is 2.00. The summed E-state index contributed by atoms with van der Waals surface area (Å²) < 4.78 is 0. The SMILES string of the molecule is C=CCCCCCSc1cccc(C(C)N)c1. The van der Waals surface area contributed by atoms with Crippen LogP contribution in [-0.2, 0) is 0 Å². The lowest BCUT2D eigenvalue weighted by molar-refractivity contribution is 0.735. The Morgan fingerprint density at radius 2 is 2.18 bits per heavy atom. The molecule has 0 aliphatic heterocycles. The van der Waals surface area contributed by atoms with E-state index >= 15 is 0 Å². The molecule has 1 unspecified atom stereocenters. The summed E-state index contributed by atoms with van der Waals surface area (Å²) in [7, 11) is 0. The Morgan fingerprint density at radius 1 is 1.35 bits per heavy atom. The van der Waals surface area contributed by atoms with Crippen molar-refractivity contribution in [2.24, 2.45) is 5.73 Å². The maximum absolute atomic E-state index is 5.87. The minimum Gasteiger partial charge on any atom is -0.324 e. The summed E-state index contributed by atoms with van der Waals surface area (Å²) in [4.78, 5) is 1.34. The second-order valence-corrected chi connectivity index (χ2v) is 5.52. The van der Waals surface area contributed by atoms with Gasteiger partial charge in [-0.05, 0) is 49.6 Å². The molecule has 0 bridgehead atoms. The molecular formula is C15H23NS. The van der Waals surface area contributed by atoms with Crippen molar-refractivity contribution in [1.29, 1.82) is 0 Å². The average Bonchev–Trinajstić information content (AvgIpc) is 2.34. The third-order valence-corrected chi connectivity index (χ3v) is 3.79. The maximum Gasteiger partial charge on any atom is 0.0266 e. The van der Waals surface area contributed by atoms with Crippen LogP contribution in [-0.4, -0.2) is 5.75 Å². The highest BCUT2D eigenvalue weighted by molar-refractivity contribution is 7.99. The van der Waals surface area contributed by atoms with E-state index in [4.69, 9.17) is 5.73 Å². The van der Waals surface area contributed by atoms with Crippen LogP contribution in [0.5, 0.6) is 0 Å². The summed E-state index contributed by atoms with van der Waals surface area (Å²) in [5.41, 5.74) is 7.10. The lowest BCUT2D eigenvalue weighted by Crippen LogP contribution is -2.04. The summed E-state index contributed by atoms with van der Waals surface area (Å²) in [5, 5.41) is 0. The van der Waals surface area contributed by atoms with Gasteiger partial charge in [0.05, 0.1) is 0 Å². The van der Waals surface area contributed by atoms with Crippen molar-refractivity contribution in [3.05, 3.63) is 42.5 Å². The third kappa shape index (κ3) is 5.94. The molecule has 94 valence electrons. The molecule has 0 aliphatic rings. The summed E-state index contributed by atoms with van der Waals surface area (Å²) in [5.74, 6) is 1.19. The minimum absolute atomic E-state index is 0.128.